The molecule has 0 aliphatic heterocycles. The van der Waals surface area contributed by atoms with E-state index in [-0.39, 0.29) is 0 Å². The molecule has 0 amide bonds. The van der Waals surface area contributed by atoms with Crippen LogP contribution >= 0.6 is 0 Å². The molecule has 5 nitrogen and oxygen atoms in total. The van der Waals surface area contributed by atoms with Crippen LogP contribution in [0.4, 0.5) is 5.82 Å². The molecule has 0 atom stereocenters. The van der Waals surface area contributed by atoms with Crippen LogP contribution < -0.4 is 10.5 Å². The van der Waals surface area contributed by atoms with E-state index >= 15 is 0 Å². The fraction of sp³-hybridized carbons (Fsp3) is 0.357. The summed E-state index contributed by atoms with van der Waals surface area (Å²) >= 11 is 0. The summed E-state index contributed by atoms with van der Waals surface area (Å²) in [6.07, 6.45) is 0.751. The van der Waals surface area contributed by atoms with Crippen molar-refractivity contribution in [1.82, 2.24) is 10.2 Å². The van der Waals surface area contributed by atoms with E-state index in [9.17, 15) is 0 Å². The average Bonchev–Trinajstić information content (AvgIpc) is 2.77. The van der Waals surface area contributed by atoms with Gasteiger partial charge in [-0.05, 0) is 30.2 Å². The maximum atomic E-state index is 5.95. The molecule has 2 aromatic rings. The van der Waals surface area contributed by atoms with Crippen molar-refractivity contribution in [3.05, 3.63) is 29.5 Å². The lowest BCUT2D eigenvalue weighted by Crippen LogP contribution is -1.98. The summed E-state index contributed by atoms with van der Waals surface area (Å²) in [5.41, 5.74) is 9.99. The van der Waals surface area contributed by atoms with E-state index in [1.807, 2.05) is 19.1 Å². The molecule has 0 unspecified atom stereocenters. The number of ether oxygens (including phenoxy) is 2. The predicted molar refractivity (Wildman–Crippen MR) is 75.3 cm³/mol. The number of nitrogens with two attached hydrogens (primary N) is 1. The van der Waals surface area contributed by atoms with Gasteiger partial charge in [0.2, 0.25) is 0 Å². The number of nitrogens with one attached hydrogen (secondary N) is 1. The summed E-state index contributed by atoms with van der Waals surface area (Å²) in [6, 6.07) is 5.98. The average molecular weight is 261 g/mol. The molecule has 0 aliphatic rings. The van der Waals surface area contributed by atoms with Gasteiger partial charge in [-0.15, -0.1) is 0 Å². The lowest BCUT2D eigenvalue weighted by atomic mass is 10.0. The Hall–Kier alpha value is -2.01. The fourth-order valence-electron chi connectivity index (χ4n) is 2.14. The van der Waals surface area contributed by atoms with Gasteiger partial charge in [0.05, 0.1) is 13.7 Å². The highest BCUT2D eigenvalue weighted by atomic mass is 16.5. The number of H-pyrrole nitrogens is 1. The molecule has 1 aromatic heterocycles. The minimum Gasteiger partial charge on any atom is -0.496 e. The molecule has 5 heteroatoms. The van der Waals surface area contributed by atoms with Crippen molar-refractivity contribution in [2.24, 2.45) is 0 Å². The lowest BCUT2D eigenvalue weighted by molar-refractivity contribution is 0.201. The molecule has 1 heterocycles. The molecule has 0 aliphatic carbocycles. The summed E-state index contributed by atoms with van der Waals surface area (Å²) in [4.78, 5) is 0. The second-order valence-electron chi connectivity index (χ2n) is 4.39. The Morgan fingerprint density at radius 1 is 1.32 bits per heavy atom. The third-order valence-corrected chi connectivity index (χ3v) is 3.11. The zero-order chi connectivity index (χ0) is 13.8. The Kier molecular flexibility index (Phi) is 4.06. The first-order valence-corrected chi connectivity index (χ1v) is 6.14. The summed E-state index contributed by atoms with van der Waals surface area (Å²) in [5, 5.41) is 7.05. The number of nitrogens with zero attached hydrogens (tertiary/aromatic N) is 1. The molecule has 0 saturated carbocycles. The van der Waals surface area contributed by atoms with Crippen LogP contribution in [-0.2, 0) is 11.2 Å². The van der Waals surface area contributed by atoms with Crippen molar-refractivity contribution in [3.63, 3.8) is 0 Å². The minimum atomic E-state index is 0.510. The van der Waals surface area contributed by atoms with E-state index < -0.39 is 0 Å². The number of nitrogen functional groups attached to an aromatic ring is 1. The van der Waals surface area contributed by atoms with Gasteiger partial charge in [0.25, 0.3) is 0 Å². The SMILES string of the molecule is COCCc1[nH]nc(N)c1-c1ccc(OC)c(C)c1. The van der Waals surface area contributed by atoms with Crippen LogP contribution in [0.1, 0.15) is 11.3 Å². The molecule has 1 aromatic carbocycles. The molecular weight excluding hydrogens is 242 g/mol. The molecule has 0 saturated heterocycles. The Labute approximate surface area is 112 Å². The lowest BCUT2D eigenvalue weighted by Gasteiger charge is -2.08. The van der Waals surface area contributed by atoms with Gasteiger partial charge in [0, 0.05) is 24.8 Å². The maximum Gasteiger partial charge on any atom is 0.153 e. The van der Waals surface area contributed by atoms with Crippen molar-refractivity contribution in [3.8, 4) is 16.9 Å². The molecule has 0 bridgehead atoms. The van der Waals surface area contributed by atoms with Crippen LogP contribution in [0.15, 0.2) is 18.2 Å². The zero-order valence-corrected chi connectivity index (χ0v) is 11.5. The van der Waals surface area contributed by atoms with Crippen molar-refractivity contribution in [1.29, 1.82) is 0 Å². The molecular formula is C14H19N3O2. The summed E-state index contributed by atoms with van der Waals surface area (Å²) in [7, 11) is 3.34. The van der Waals surface area contributed by atoms with Crippen LogP contribution in [-0.4, -0.2) is 31.0 Å². The van der Waals surface area contributed by atoms with Gasteiger partial charge in [0.1, 0.15) is 5.75 Å². The third-order valence-electron chi connectivity index (χ3n) is 3.11. The highest BCUT2D eigenvalue weighted by Crippen LogP contribution is 2.31. The van der Waals surface area contributed by atoms with E-state index in [1.54, 1.807) is 14.2 Å². The van der Waals surface area contributed by atoms with Gasteiger partial charge in [-0.25, -0.2) is 0 Å². The first-order chi connectivity index (χ1) is 9.17. The topological polar surface area (TPSA) is 73.2 Å². The van der Waals surface area contributed by atoms with E-state index in [4.69, 9.17) is 15.2 Å². The monoisotopic (exact) mass is 261 g/mol. The maximum absolute atomic E-state index is 5.95. The Balaban J connectivity index is 2.40. The largest absolute Gasteiger partial charge is 0.496 e. The van der Waals surface area contributed by atoms with Gasteiger partial charge >= 0.3 is 0 Å². The van der Waals surface area contributed by atoms with Crippen molar-refractivity contribution in [2.75, 3.05) is 26.6 Å². The number of rotatable bonds is 5. The van der Waals surface area contributed by atoms with Gasteiger partial charge in [-0.1, -0.05) is 6.07 Å². The van der Waals surface area contributed by atoms with Gasteiger partial charge in [-0.2, -0.15) is 5.10 Å². The molecule has 3 N–H and O–H groups in total. The molecule has 0 radical (unpaired) electrons. The van der Waals surface area contributed by atoms with Crippen LogP contribution in [0.2, 0.25) is 0 Å². The standard InChI is InChI=1S/C14H19N3O2/c1-9-8-10(4-5-12(9)19-3)13-11(6-7-18-2)16-17-14(13)15/h4-5,8H,6-7H2,1-3H3,(H3,15,16,17). The molecule has 0 spiro atoms. The summed E-state index contributed by atoms with van der Waals surface area (Å²) in [6.45, 7) is 2.64. The number of hydrogen-bond acceptors (Lipinski definition) is 4. The molecule has 102 valence electrons. The second kappa shape index (κ2) is 5.75. The number of anilines is 1. The number of aromatic amines is 1. The number of aromatic nitrogens is 2. The number of benzene rings is 1. The normalized spacial score (nSPS) is 10.7. The fourth-order valence-corrected chi connectivity index (χ4v) is 2.14. The molecule has 19 heavy (non-hydrogen) atoms. The van der Waals surface area contributed by atoms with Crippen molar-refractivity contribution >= 4 is 5.82 Å². The van der Waals surface area contributed by atoms with Gasteiger partial charge in [0.15, 0.2) is 5.82 Å². The Morgan fingerprint density at radius 3 is 2.74 bits per heavy atom. The third kappa shape index (κ3) is 2.71. The first-order valence-electron chi connectivity index (χ1n) is 6.14. The van der Waals surface area contributed by atoms with Crippen LogP contribution in [0.3, 0.4) is 0 Å². The minimum absolute atomic E-state index is 0.510. The quantitative estimate of drug-likeness (QED) is 0.865. The molecule has 2 rings (SSSR count). The van der Waals surface area contributed by atoms with Crippen LogP contribution in [0, 0.1) is 6.92 Å². The number of aryl methyl sites for hydroxylation is 1. The predicted octanol–water partition coefficient (Wildman–Crippen LogP) is 2.16. The van der Waals surface area contributed by atoms with E-state index in [0.717, 1.165) is 34.6 Å². The zero-order valence-electron chi connectivity index (χ0n) is 11.5. The smallest absolute Gasteiger partial charge is 0.153 e. The van der Waals surface area contributed by atoms with Crippen LogP contribution in [0.5, 0.6) is 5.75 Å². The number of hydrogen-bond donors (Lipinski definition) is 2. The Morgan fingerprint density at radius 2 is 2.11 bits per heavy atom. The number of methoxy groups -OCH3 is 2. The van der Waals surface area contributed by atoms with Gasteiger partial charge < -0.3 is 15.2 Å². The molecule has 0 fully saturated rings. The summed E-state index contributed by atoms with van der Waals surface area (Å²) < 4.78 is 10.4. The summed E-state index contributed by atoms with van der Waals surface area (Å²) in [5.74, 6) is 1.37. The van der Waals surface area contributed by atoms with E-state index in [0.29, 0.717) is 12.4 Å². The van der Waals surface area contributed by atoms with Crippen molar-refractivity contribution in [2.45, 2.75) is 13.3 Å². The highest BCUT2D eigenvalue weighted by molar-refractivity contribution is 5.77. The van der Waals surface area contributed by atoms with Crippen molar-refractivity contribution < 1.29 is 9.47 Å². The highest BCUT2D eigenvalue weighted by Gasteiger charge is 2.13. The van der Waals surface area contributed by atoms with E-state index in [2.05, 4.69) is 16.3 Å². The first kappa shape index (κ1) is 13.4. The van der Waals surface area contributed by atoms with Crippen LogP contribution in [0.25, 0.3) is 11.1 Å². The van der Waals surface area contributed by atoms with Gasteiger partial charge in [-0.3, -0.25) is 5.10 Å². The van der Waals surface area contributed by atoms with E-state index in [1.165, 1.54) is 0 Å². The Bertz CT molecular complexity index is 564. The second-order valence-corrected chi connectivity index (χ2v) is 4.39.